The zero-order valence-corrected chi connectivity index (χ0v) is 8.50. The lowest BCUT2D eigenvalue weighted by Crippen LogP contribution is -1.69. The van der Waals surface area contributed by atoms with Crippen molar-refractivity contribution in [2.45, 2.75) is 0 Å². The molecule has 1 nitrogen and oxygen atoms in total. The molecule has 0 bridgehead atoms. The van der Waals surface area contributed by atoms with Gasteiger partial charge in [0.05, 0.1) is 19.0 Å². The summed E-state index contributed by atoms with van der Waals surface area (Å²) < 4.78 is 2.11. The van der Waals surface area contributed by atoms with E-state index in [0.29, 0.717) is 0 Å². The Hall–Kier alpha value is -0.120. The van der Waals surface area contributed by atoms with Crippen LogP contribution >= 0.6 is 38.9 Å². The van der Waals surface area contributed by atoms with Crippen molar-refractivity contribution in [1.82, 2.24) is 4.98 Å². The molecule has 0 spiro atoms. The Morgan fingerprint density at radius 1 is 1.55 bits per heavy atom. The molecule has 2 aromatic rings. The van der Waals surface area contributed by atoms with Gasteiger partial charge in [0.1, 0.15) is 0 Å². The Kier molecular flexibility index (Phi) is 1.87. The molecule has 0 radical (unpaired) electrons. The van der Waals surface area contributed by atoms with Gasteiger partial charge in [-0.2, -0.15) is 0 Å². The summed E-state index contributed by atoms with van der Waals surface area (Å²) in [6.45, 7) is 0. The minimum Gasteiger partial charge on any atom is -0.255 e. The summed E-state index contributed by atoms with van der Waals surface area (Å²) in [5, 5.41) is 0.769. The van der Waals surface area contributed by atoms with Crippen molar-refractivity contribution in [1.29, 1.82) is 0 Å². The number of fused-ring (bicyclic) bond motifs is 1. The zero-order chi connectivity index (χ0) is 7.84. The van der Waals surface area contributed by atoms with Gasteiger partial charge in [-0.1, -0.05) is 11.6 Å². The first-order chi connectivity index (χ1) is 5.27. The van der Waals surface area contributed by atoms with Gasteiger partial charge in [0.25, 0.3) is 0 Å². The van der Waals surface area contributed by atoms with Gasteiger partial charge >= 0.3 is 0 Å². The van der Waals surface area contributed by atoms with Crippen molar-refractivity contribution in [3.63, 3.8) is 0 Å². The van der Waals surface area contributed by atoms with Crippen molar-refractivity contribution in [2.75, 3.05) is 0 Å². The molecular formula is C7H3BrClNS. The van der Waals surface area contributed by atoms with E-state index in [1.165, 1.54) is 0 Å². The fraction of sp³-hybridized carbons (Fsp3) is 0. The van der Waals surface area contributed by atoms with Crippen LogP contribution in [0.2, 0.25) is 5.02 Å². The molecule has 0 fully saturated rings. The number of hydrogen-bond acceptors (Lipinski definition) is 2. The molecule has 0 saturated carbocycles. The number of hydrogen-bond donors (Lipinski definition) is 0. The van der Waals surface area contributed by atoms with Crippen LogP contribution in [0.15, 0.2) is 22.1 Å². The van der Waals surface area contributed by atoms with Crippen LogP contribution in [0.5, 0.6) is 0 Å². The van der Waals surface area contributed by atoms with Crippen LogP contribution in [0, 0.1) is 0 Å². The maximum absolute atomic E-state index is 5.92. The lowest BCUT2D eigenvalue weighted by atomic mass is 10.4. The number of aromatic nitrogens is 1. The number of halogens is 2. The SMILES string of the molecule is Clc1ccnc2cc(Br)sc12. The van der Waals surface area contributed by atoms with E-state index in [2.05, 4.69) is 20.9 Å². The van der Waals surface area contributed by atoms with Gasteiger partial charge in [0.2, 0.25) is 0 Å². The monoisotopic (exact) mass is 247 g/mol. The molecule has 0 aromatic carbocycles. The van der Waals surface area contributed by atoms with Crippen LogP contribution in [0.25, 0.3) is 10.2 Å². The molecule has 2 rings (SSSR count). The molecule has 0 saturated heterocycles. The number of thiophene rings is 1. The standard InChI is InChI=1S/C7H3BrClNS/c8-6-3-5-7(11-6)4(9)1-2-10-5/h1-3H. The predicted molar refractivity (Wildman–Crippen MR) is 52.3 cm³/mol. The number of rotatable bonds is 0. The van der Waals surface area contributed by atoms with Gasteiger partial charge in [-0.05, 0) is 28.1 Å². The van der Waals surface area contributed by atoms with E-state index in [4.69, 9.17) is 11.6 Å². The largest absolute Gasteiger partial charge is 0.255 e. The van der Waals surface area contributed by atoms with Gasteiger partial charge in [-0.15, -0.1) is 11.3 Å². The number of nitrogens with zero attached hydrogens (tertiary/aromatic N) is 1. The third kappa shape index (κ3) is 1.28. The summed E-state index contributed by atoms with van der Waals surface area (Å²) in [7, 11) is 0. The Balaban J connectivity index is 2.90. The van der Waals surface area contributed by atoms with Crippen molar-refractivity contribution >= 4 is 49.1 Å². The average molecular weight is 249 g/mol. The maximum Gasteiger partial charge on any atom is 0.0836 e. The van der Waals surface area contributed by atoms with Crippen molar-refractivity contribution in [3.05, 3.63) is 27.1 Å². The molecule has 2 heterocycles. The van der Waals surface area contributed by atoms with E-state index in [1.54, 1.807) is 23.6 Å². The van der Waals surface area contributed by atoms with Gasteiger partial charge in [0, 0.05) is 6.20 Å². The third-order valence-electron chi connectivity index (χ3n) is 1.33. The topological polar surface area (TPSA) is 12.9 Å². The highest BCUT2D eigenvalue weighted by Gasteiger charge is 2.02. The van der Waals surface area contributed by atoms with Gasteiger partial charge in [-0.25, -0.2) is 0 Å². The molecule has 11 heavy (non-hydrogen) atoms. The van der Waals surface area contributed by atoms with E-state index in [1.807, 2.05) is 6.07 Å². The molecule has 0 atom stereocenters. The third-order valence-corrected chi connectivity index (χ3v) is 3.42. The summed E-state index contributed by atoms with van der Waals surface area (Å²) in [4.78, 5) is 4.16. The first-order valence-electron chi connectivity index (χ1n) is 2.97. The van der Waals surface area contributed by atoms with E-state index >= 15 is 0 Å². The Morgan fingerprint density at radius 2 is 2.36 bits per heavy atom. The fourth-order valence-electron chi connectivity index (χ4n) is 0.878. The Labute approximate surface area is 81.1 Å². The van der Waals surface area contributed by atoms with Crippen LogP contribution < -0.4 is 0 Å². The summed E-state index contributed by atoms with van der Waals surface area (Å²) >= 11 is 10.9. The molecule has 0 aliphatic rings. The number of pyridine rings is 1. The van der Waals surface area contributed by atoms with E-state index < -0.39 is 0 Å². The van der Waals surface area contributed by atoms with E-state index in [0.717, 1.165) is 19.0 Å². The summed E-state index contributed by atoms with van der Waals surface area (Å²) in [6.07, 6.45) is 1.71. The molecule has 0 aliphatic carbocycles. The molecule has 0 aliphatic heterocycles. The lowest BCUT2D eigenvalue weighted by molar-refractivity contribution is 1.43. The summed E-state index contributed by atoms with van der Waals surface area (Å²) in [6, 6.07) is 3.76. The van der Waals surface area contributed by atoms with Crippen LogP contribution in [0.1, 0.15) is 0 Å². The lowest BCUT2D eigenvalue weighted by Gasteiger charge is -1.88. The average Bonchev–Trinajstić information content (AvgIpc) is 2.31. The zero-order valence-electron chi connectivity index (χ0n) is 5.34. The highest BCUT2D eigenvalue weighted by atomic mass is 79.9. The van der Waals surface area contributed by atoms with Crippen LogP contribution in [0.3, 0.4) is 0 Å². The molecule has 4 heteroatoms. The normalized spacial score (nSPS) is 10.7. The van der Waals surface area contributed by atoms with Gasteiger partial charge < -0.3 is 0 Å². The highest BCUT2D eigenvalue weighted by Crippen LogP contribution is 2.32. The van der Waals surface area contributed by atoms with Crippen molar-refractivity contribution < 1.29 is 0 Å². The van der Waals surface area contributed by atoms with E-state index in [9.17, 15) is 0 Å². The van der Waals surface area contributed by atoms with Crippen molar-refractivity contribution in [3.8, 4) is 0 Å². The molecule has 0 unspecified atom stereocenters. The maximum atomic E-state index is 5.92. The molecule has 56 valence electrons. The second-order valence-corrected chi connectivity index (χ2v) is 4.90. The summed E-state index contributed by atoms with van der Waals surface area (Å²) in [5.74, 6) is 0. The van der Waals surface area contributed by atoms with Crippen molar-refractivity contribution in [2.24, 2.45) is 0 Å². The van der Waals surface area contributed by atoms with Crippen LogP contribution in [-0.4, -0.2) is 4.98 Å². The quantitative estimate of drug-likeness (QED) is 0.692. The fourth-order valence-corrected chi connectivity index (χ4v) is 2.60. The molecular weight excluding hydrogens is 246 g/mol. The highest BCUT2D eigenvalue weighted by molar-refractivity contribution is 9.11. The first-order valence-corrected chi connectivity index (χ1v) is 4.95. The molecule has 0 N–H and O–H groups in total. The minimum absolute atomic E-state index is 0.769. The smallest absolute Gasteiger partial charge is 0.0836 e. The first kappa shape index (κ1) is 7.53. The minimum atomic E-state index is 0.769. The van der Waals surface area contributed by atoms with E-state index in [-0.39, 0.29) is 0 Å². The van der Waals surface area contributed by atoms with Crippen LogP contribution in [-0.2, 0) is 0 Å². The summed E-state index contributed by atoms with van der Waals surface area (Å²) in [5.41, 5.74) is 0.953. The molecule has 2 aromatic heterocycles. The predicted octanol–water partition coefficient (Wildman–Crippen LogP) is 3.71. The Morgan fingerprint density at radius 3 is 3.09 bits per heavy atom. The molecule has 0 amide bonds. The Bertz CT molecular complexity index is 398. The second-order valence-electron chi connectivity index (χ2n) is 2.06. The van der Waals surface area contributed by atoms with Gasteiger partial charge in [0.15, 0.2) is 0 Å². The second kappa shape index (κ2) is 2.73. The van der Waals surface area contributed by atoms with Gasteiger partial charge in [-0.3, -0.25) is 4.98 Å². The van der Waals surface area contributed by atoms with Crippen LogP contribution in [0.4, 0.5) is 0 Å².